The summed E-state index contributed by atoms with van der Waals surface area (Å²) in [5.41, 5.74) is 5.99. The van der Waals surface area contributed by atoms with Gasteiger partial charge >= 0.3 is 0 Å². The maximum Gasteiger partial charge on any atom is 0.00416 e. The molecule has 0 aliphatic heterocycles. The standard InChI is InChI=1S/C12H25N/c1-9(2)4-6-11-8-12(13)7-5-10(11)3/h9-12H,4-8,13H2,1-3H3. The van der Waals surface area contributed by atoms with E-state index in [2.05, 4.69) is 20.8 Å². The first-order chi connectivity index (χ1) is 6.09. The van der Waals surface area contributed by atoms with Gasteiger partial charge in [0.25, 0.3) is 0 Å². The fraction of sp³-hybridized carbons (Fsp3) is 1.00. The Morgan fingerprint density at radius 3 is 2.62 bits per heavy atom. The van der Waals surface area contributed by atoms with Crippen molar-refractivity contribution in [2.75, 3.05) is 0 Å². The summed E-state index contributed by atoms with van der Waals surface area (Å²) in [4.78, 5) is 0. The molecule has 2 N–H and O–H groups in total. The Labute approximate surface area is 83.1 Å². The van der Waals surface area contributed by atoms with Gasteiger partial charge in [-0.15, -0.1) is 0 Å². The number of hydrogen-bond acceptors (Lipinski definition) is 1. The molecule has 1 nitrogen and oxygen atoms in total. The smallest absolute Gasteiger partial charge is 0.00416 e. The van der Waals surface area contributed by atoms with Crippen LogP contribution < -0.4 is 5.73 Å². The quantitative estimate of drug-likeness (QED) is 0.714. The van der Waals surface area contributed by atoms with Crippen molar-refractivity contribution in [1.29, 1.82) is 0 Å². The lowest BCUT2D eigenvalue weighted by Gasteiger charge is -2.33. The largest absolute Gasteiger partial charge is 0.328 e. The van der Waals surface area contributed by atoms with Crippen LogP contribution in [0, 0.1) is 17.8 Å². The van der Waals surface area contributed by atoms with Gasteiger partial charge in [0.15, 0.2) is 0 Å². The number of nitrogens with two attached hydrogens (primary N) is 1. The van der Waals surface area contributed by atoms with E-state index in [0.717, 1.165) is 17.8 Å². The minimum absolute atomic E-state index is 0.494. The second kappa shape index (κ2) is 4.99. The van der Waals surface area contributed by atoms with Gasteiger partial charge in [0.1, 0.15) is 0 Å². The lowest BCUT2D eigenvalue weighted by Crippen LogP contribution is -2.32. The predicted octanol–water partition coefficient (Wildman–Crippen LogP) is 3.19. The van der Waals surface area contributed by atoms with E-state index in [-0.39, 0.29) is 0 Å². The molecular weight excluding hydrogens is 158 g/mol. The zero-order chi connectivity index (χ0) is 9.84. The third kappa shape index (κ3) is 3.68. The maximum atomic E-state index is 5.99. The van der Waals surface area contributed by atoms with Crippen molar-refractivity contribution in [2.24, 2.45) is 23.5 Å². The van der Waals surface area contributed by atoms with Gasteiger partial charge in [-0.2, -0.15) is 0 Å². The van der Waals surface area contributed by atoms with E-state index in [1.54, 1.807) is 0 Å². The molecule has 0 spiro atoms. The first kappa shape index (κ1) is 11.0. The highest BCUT2D eigenvalue weighted by atomic mass is 14.6. The average Bonchev–Trinajstić information content (AvgIpc) is 2.06. The first-order valence-corrected chi connectivity index (χ1v) is 5.85. The second-order valence-corrected chi connectivity index (χ2v) is 5.28. The van der Waals surface area contributed by atoms with Gasteiger partial charge in [0, 0.05) is 6.04 Å². The molecule has 1 rings (SSSR count). The maximum absolute atomic E-state index is 5.99. The third-order valence-electron chi connectivity index (χ3n) is 3.52. The van der Waals surface area contributed by atoms with E-state index in [1.165, 1.54) is 32.1 Å². The predicted molar refractivity (Wildman–Crippen MR) is 58.6 cm³/mol. The molecule has 1 fully saturated rings. The van der Waals surface area contributed by atoms with Crippen LogP contribution in [0.15, 0.2) is 0 Å². The van der Waals surface area contributed by atoms with Crippen molar-refractivity contribution in [3.63, 3.8) is 0 Å². The van der Waals surface area contributed by atoms with Gasteiger partial charge in [-0.1, -0.05) is 27.2 Å². The zero-order valence-corrected chi connectivity index (χ0v) is 9.42. The molecule has 0 heterocycles. The monoisotopic (exact) mass is 183 g/mol. The summed E-state index contributed by atoms with van der Waals surface area (Å²) in [7, 11) is 0. The van der Waals surface area contributed by atoms with Crippen LogP contribution in [0.3, 0.4) is 0 Å². The highest BCUT2D eigenvalue weighted by Gasteiger charge is 2.25. The van der Waals surface area contributed by atoms with Gasteiger partial charge in [0.2, 0.25) is 0 Å². The highest BCUT2D eigenvalue weighted by molar-refractivity contribution is 4.79. The van der Waals surface area contributed by atoms with E-state index < -0.39 is 0 Å². The van der Waals surface area contributed by atoms with Crippen LogP contribution >= 0.6 is 0 Å². The third-order valence-corrected chi connectivity index (χ3v) is 3.52. The molecule has 3 atom stereocenters. The molecular formula is C12H25N. The van der Waals surface area contributed by atoms with Crippen molar-refractivity contribution >= 4 is 0 Å². The molecule has 1 aliphatic rings. The van der Waals surface area contributed by atoms with Crippen molar-refractivity contribution < 1.29 is 0 Å². The molecule has 0 radical (unpaired) electrons. The Morgan fingerprint density at radius 2 is 2.00 bits per heavy atom. The van der Waals surface area contributed by atoms with Gasteiger partial charge in [-0.25, -0.2) is 0 Å². The Kier molecular flexibility index (Phi) is 4.24. The van der Waals surface area contributed by atoms with E-state index >= 15 is 0 Å². The number of rotatable bonds is 3. The summed E-state index contributed by atoms with van der Waals surface area (Å²) < 4.78 is 0. The van der Waals surface area contributed by atoms with Gasteiger partial charge in [0.05, 0.1) is 0 Å². The summed E-state index contributed by atoms with van der Waals surface area (Å²) in [6.07, 6.45) is 6.64. The van der Waals surface area contributed by atoms with Crippen LogP contribution in [0.2, 0.25) is 0 Å². The van der Waals surface area contributed by atoms with E-state index in [1.807, 2.05) is 0 Å². The molecule has 0 amide bonds. The molecule has 3 unspecified atom stereocenters. The van der Waals surface area contributed by atoms with Crippen LogP contribution in [-0.4, -0.2) is 6.04 Å². The van der Waals surface area contributed by atoms with Gasteiger partial charge in [-0.3, -0.25) is 0 Å². The minimum Gasteiger partial charge on any atom is -0.328 e. The SMILES string of the molecule is CC(C)CCC1CC(N)CCC1C. The normalized spacial score (nSPS) is 35.3. The van der Waals surface area contributed by atoms with Crippen LogP contribution in [0.25, 0.3) is 0 Å². The number of hydrogen-bond donors (Lipinski definition) is 1. The van der Waals surface area contributed by atoms with Crippen LogP contribution in [0.5, 0.6) is 0 Å². The van der Waals surface area contributed by atoms with Gasteiger partial charge in [-0.05, 0) is 43.4 Å². The molecule has 0 aromatic rings. The fourth-order valence-electron chi connectivity index (χ4n) is 2.40. The lowest BCUT2D eigenvalue weighted by molar-refractivity contribution is 0.210. The van der Waals surface area contributed by atoms with Crippen molar-refractivity contribution in [3.8, 4) is 0 Å². The molecule has 1 heteroatoms. The van der Waals surface area contributed by atoms with Crippen LogP contribution in [0.4, 0.5) is 0 Å². The fourth-order valence-corrected chi connectivity index (χ4v) is 2.40. The summed E-state index contributed by atoms with van der Waals surface area (Å²) in [5.74, 6) is 2.68. The van der Waals surface area contributed by atoms with Crippen LogP contribution in [-0.2, 0) is 0 Å². The summed E-state index contributed by atoms with van der Waals surface area (Å²) in [5, 5.41) is 0. The molecule has 1 aliphatic carbocycles. The summed E-state index contributed by atoms with van der Waals surface area (Å²) >= 11 is 0. The minimum atomic E-state index is 0.494. The summed E-state index contributed by atoms with van der Waals surface area (Å²) in [6, 6.07) is 0.494. The molecule has 0 bridgehead atoms. The first-order valence-electron chi connectivity index (χ1n) is 5.85. The van der Waals surface area contributed by atoms with Crippen molar-refractivity contribution in [1.82, 2.24) is 0 Å². The van der Waals surface area contributed by atoms with E-state index in [9.17, 15) is 0 Å². The van der Waals surface area contributed by atoms with Gasteiger partial charge < -0.3 is 5.73 Å². The van der Waals surface area contributed by atoms with E-state index in [4.69, 9.17) is 5.73 Å². The zero-order valence-electron chi connectivity index (χ0n) is 9.42. The van der Waals surface area contributed by atoms with Crippen molar-refractivity contribution in [2.45, 2.75) is 58.9 Å². The Bertz CT molecular complexity index is 142. The molecule has 1 saturated carbocycles. The Balaban J connectivity index is 2.29. The molecule has 0 saturated heterocycles. The lowest BCUT2D eigenvalue weighted by atomic mass is 9.75. The topological polar surface area (TPSA) is 26.0 Å². The van der Waals surface area contributed by atoms with Crippen LogP contribution in [0.1, 0.15) is 52.9 Å². The van der Waals surface area contributed by atoms with Crippen molar-refractivity contribution in [3.05, 3.63) is 0 Å². The molecule has 13 heavy (non-hydrogen) atoms. The molecule has 0 aromatic carbocycles. The van der Waals surface area contributed by atoms with E-state index in [0.29, 0.717) is 6.04 Å². The Hall–Kier alpha value is -0.0400. The summed E-state index contributed by atoms with van der Waals surface area (Å²) in [6.45, 7) is 7.03. The average molecular weight is 183 g/mol. The highest BCUT2D eigenvalue weighted by Crippen LogP contribution is 2.32. The molecule has 78 valence electrons. The Morgan fingerprint density at radius 1 is 1.31 bits per heavy atom. The molecule has 0 aromatic heterocycles. The second-order valence-electron chi connectivity index (χ2n) is 5.28.